The van der Waals surface area contributed by atoms with Crippen LogP contribution in [0.25, 0.3) is 0 Å². The second-order valence-corrected chi connectivity index (χ2v) is 8.76. The lowest BCUT2D eigenvalue weighted by molar-refractivity contribution is -0.129. The zero-order chi connectivity index (χ0) is 18.7. The molecule has 0 N–H and O–H groups in total. The largest absolute Gasteiger partial charge is 0.426 e. The molecule has 11 heteroatoms. The Bertz CT molecular complexity index is 717. The molecule has 0 aromatic heterocycles. The zero-order valence-electron chi connectivity index (χ0n) is 13.1. The summed E-state index contributed by atoms with van der Waals surface area (Å²) in [7, 11) is -3.80. The van der Waals surface area contributed by atoms with Gasteiger partial charge in [-0.25, -0.2) is 17.5 Å². The van der Waals surface area contributed by atoms with Crippen LogP contribution < -0.4 is 0 Å². The van der Waals surface area contributed by atoms with E-state index in [0.29, 0.717) is 4.31 Å². The minimum absolute atomic E-state index is 0.124. The molecule has 136 valence electrons. The van der Waals surface area contributed by atoms with E-state index in [0.717, 1.165) is 17.2 Å². The Kier molecular flexibility index (Phi) is 4.46. The van der Waals surface area contributed by atoms with Crippen molar-refractivity contribution in [2.75, 3.05) is 19.3 Å². The molecular formula is C13H16ClF3N2O4S. The van der Waals surface area contributed by atoms with Crippen LogP contribution in [0.1, 0.15) is 13.8 Å². The summed E-state index contributed by atoms with van der Waals surface area (Å²) in [5.41, 5.74) is -0.804. The molecule has 2 fully saturated rings. The van der Waals surface area contributed by atoms with Crippen molar-refractivity contribution in [3.63, 3.8) is 0 Å². The van der Waals surface area contributed by atoms with E-state index in [1.54, 1.807) is 13.8 Å². The first-order chi connectivity index (χ1) is 10.7. The van der Waals surface area contributed by atoms with Crippen LogP contribution in [-0.2, 0) is 14.8 Å². The van der Waals surface area contributed by atoms with Gasteiger partial charge in [0.1, 0.15) is 5.03 Å². The van der Waals surface area contributed by atoms with E-state index < -0.39 is 50.4 Å². The normalized spacial score (nSPS) is 27.6. The number of hydrogen-bond acceptors (Lipinski definition) is 4. The minimum atomic E-state index is -4.70. The molecule has 0 aromatic rings. The fourth-order valence-corrected chi connectivity index (χ4v) is 3.84. The van der Waals surface area contributed by atoms with Crippen molar-refractivity contribution in [1.29, 1.82) is 0 Å². The smallest absolute Gasteiger partial charge is 0.274 e. The summed E-state index contributed by atoms with van der Waals surface area (Å²) in [5, 5.41) is -1.32. The SMILES string of the molecule is CC1(C)[C@H](/C=C(\Cl)C(F)(F)F)[C@@H]1C(=O)N1CCN(S(C)(=O)=O)C1=O. The molecular weight excluding hydrogens is 373 g/mol. The maximum atomic E-state index is 12.5. The first kappa shape index (κ1) is 19.0. The van der Waals surface area contributed by atoms with Gasteiger partial charge in [-0.3, -0.25) is 9.69 Å². The predicted molar refractivity (Wildman–Crippen MR) is 79.4 cm³/mol. The Hall–Kier alpha value is -1.29. The molecule has 0 bridgehead atoms. The number of urea groups is 1. The van der Waals surface area contributed by atoms with Gasteiger partial charge in [0, 0.05) is 6.54 Å². The van der Waals surface area contributed by atoms with Crippen LogP contribution in [0.3, 0.4) is 0 Å². The molecule has 1 aliphatic carbocycles. The van der Waals surface area contributed by atoms with Crippen LogP contribution in [0.4, 0.5) is 18.0 Å². The Balaban J connectivity index is 2.19. The molecule has 2 atom stereocenters. The summed E-state index contributed by atoms with van der Waals surface area (Å²) in [5.74, 6) is -2.33. The zero-order valence-corrected chi connectivity index (χ0v) is 14.7. The second-order valence-electron chi connectivity index (χ2n) is 6.44. The standard InChI is InChI=1S/C13H16ClF3N2O4S/c1-12(2)7(6-8(14)13(15,16)17)9(12)10(20)18-4-5-19(11(18)21)24(3,22)23/h6-7,9H,4-5H2,1-3H3/b8-6-/t7-,9-/m1/s1. The van der Waals surface area contributed by atoms with E-state index in [1.807, 2.05) is 0 Å². The highest BCUT2D eigenvalue weighted by molar-refractivity contribution is 7.88. The van der Waals surface area contributed by atoms with Crippen molar-refractivity contribution >= 4 is 33.6 Å². The van der Waals surface area contributed by atoms with Crippen molar-refractivity contribution in [1.82, 2.24) is 9.21 Å². The average Bonchev–Trinajstić information content (AvgIpc) is 2.74. The van der Waals surface area contributed by atoms with Crippen molar-refractivity contribution in [2.45, 2.75) is 20.0 Å². The van der Waals surface area contributed by atoms with Gasteiger partial charge in [0.25, 0.3) is 0 Å². The van der Waals surface area contributed by atoms with Gasteiger partial charge in [-0.15, -0.1) is 0 Å². The van der Waals surface area contributed by atoms with Crippen LogP contribution in [0.5, 0.6) is 0 Å². The molecule has 0 unspecified atom stereocenters. The molecule has 2 aliphatic rings. The van der Waals surface area contributed by atoms with E-state index in [9.17, 15) is 31.2 Å². The summed E-state index contributed by atoms with van der Waals surface area (Å²) >= 11 is 5.22. The van der Waals surface area contributed by atoms with Gasteiger partial charge in [-0.2, -0.15) is 13.2 Å². The number of halogens is 4. The minimum Gasteiger partial charge on any atom is -0.274 e. The number of alkyl halides is 3. The molecule has 1 saturated carbocycles. The van der Waals surface area contributed by atoms with Crippen LogP contribution in [-0.4, -0.2) is 55.1 Å². The number of sulfonamides is 1. The third-order valence-corrected chi connectivity index (χ3v) is 5.89. The van der Waals surface area contributed by atoms with Crippen LogP contribution in [0.15, 0.2) is 11.1 Å². The van der Waals surface area contributed by atoms with Crippen molar-refractivity contribution < 1.29 is 31.2 Å². The number of imide groups is 1. The molecule has 0 radical (unpaired) electrons. The summed E-state index contributed by atoms with van der Waals surface area (Å²) in [6.07, 6.45) is -3.09. The van der Waals surface area contributed by atoms with Gasteiger partial charge >= 0.3 is 12.2 Å². The number of hydrogen-bond donors (Lipinski definition) is 0. The van der Waals surface area contributed by atoms with Crippen molar-refractivity contribution in [2.24, 2.45) is 17.3 Å². The highest BCUT2D eigenvalue weighted by Crippen LogP contribution is 2.60. The number of rotatable bonds is 3. The topological polar surface area (TPSA) is 74.8 Å². The summed E-state index contributed by atoms with van der Waals surface area (Å²) in [6, 6.07) is -0.977. The fraction of sp³-hybridized carbons (Fsp3) is 0.692. The molecule has 3 amide bonds. The Morgan fingerprint density at radius 1 is 1.33 bits per heavy atom. The summed E-state index contributed by atoms with van der Waals surface area (Å²) in [4.78, 5) is 25.3. The average molecular weight is 389 g/mol. The third kappa shape index (κ3) is 3.26. The first-order valence-electron chi connectivity index (χ1n) is 6.96. The van der Waals surface area contributed by atoms with Crippen LogP contribution >= 0.6 is 11.6 Å². The van der Waals surface area contributed by atoms with Crippen LogP contribution in [0, 0.1) is 17.3 Å². The van der Waals surface area contributed by atoms with E-state index in [4.69, 9.17) is 11.6 Å². The number of carbonyl (C=O) groups excluding carboxylic acids is 2. The Morgan fingerprint density at radius 3 is 2.29 bits per heavy atom. The highest BCUT2D eigenvalue weighted by Gasteiger charge is 2.63. The van der Waals surface area contributed by atoms with E-state index in [2.05, 4.69) is 0 Å². The Morgan fingerprint density at radius 2 is 1.88 bits per heavy atom. The number of carbonyl (C=O) groups is 2. The maximum Gasteiger partial charge on any atom is 0.426 e. The lowest BCUT2D eigenvalue weighted by Crippen LogP contribution is -2.39. The summed E-state index contributed by atoms with van der Waals surface area (Å²) in [6.45, 7) is 2.89. The highest BCUT2D eigenvalue weighted by atomic mass is 35.5. The number of allylic oxidation sites excluding steroid dienone is 2. The Labute approximate surface area is 142 Å². The molecule has 6 nitrogen and oxygen atoms in total. The van der Waals surface area contributed by atoms with Gasteiger partial charge in [0.05, 0.1) is 18.7 Å². The van der Waals surface area contributed by atoms with Gasteiger partial charge < -0.3 is 0 Å². The third-order valence-electron chi connectivity index (χ3n) is 4.41. The molecule has 1 heterocycles. The molecule has 0 spiro atoms. The predicted octanol–water partition coefficient (Wildman–Crippen LogP) is 2.17. The molecule has 1 saturated heterocycles. The molecule has 1 aliphatic heterocycles. The summed E-state index contributed by atoms with van der Waals surface area (Å²) < 4.78 is 61.1. The van der Waals surface area contributed by atoms with Gasteiger partial charge in [-0.05, 0) is 11.3 Å². The van der Waals surface area contributed by atoms with Gasteiger partial charge in [0.15, 0.2) is 0 Å². The van der Waals surface area contributed by atoms with Crippen molar-refractivity contribution in [3.8, 4) is 0 Å². The fourth-order valence-electron chi connectivity index (χ4n) is 2.91. The van der Waals surface area contributed by atoms with Gasteiger partial charge in [0.2, 0.25) is 15.9 Å². The van der Waals surface area contributed by atoms with E-state index in [1.165, 1.54) is 0 Å². The first-order valence-corrected chi connectivity index (χ1v) is 9.19. The van der Waals surface area contributed by atoms with E-state index in [-0.39, 0.29) is 13.1 Å². The monoisotopic (exact) mass is 388 g/mol. The maximum absolute atomic E-state index is 12.5. The van der Waals surface area contributed by atoms with Crippen LogP contribution in [0.2, 0.25) is 0 Å². The molecule has 2 rings (SSSR count). The number of nitrogens with zero attached hydrogens (tertiary/aromatic N) is 2. The quantitative estimate of drug-likeness (QED) is 0.742. The number of amides is 3. The second kappa shape index (κ2) is 5.62. The molecule has 0 aromatic carbocycles. The van der Waals surface area contributed by atoms with E-state index >= 15 is 0 Å². The van der Waals surface area contributed by atoms with Gasteiger partial charge in [-0.1, -0.05) is 31.5 Å². The van der Waals surface area contributed by atoms with Crippen molar-refractivity contribution in [3.05, 3.63) is 11.1 Å². The lowest BCUT2D eigenvalue weighted by Gasteiger charge is -2.16. The lowest BCUT2D eigenvalue weighted by atomic mass is 10.1. The molecule has 24 heavy (non-hydrogen) atoms.